The van der Waals surface area contributed by atoms with Crippen LogP contribution in [0.5, 0.6) is 0 Å². The fourth-order valence-electron chi connectivity index (χ4n) is 1.90. The van der Waals surface area contributed by atoms with Gasteiger partial charge < -0.3 is 9.52 Å². The number of aromatic nitrogens is 2. The van der Waals surface area contributed by atoms with Gasteiger partial charge in [0.25, 0.3) is 0 Å². The van der Waals surface area contributed by atoms with Gasteiger partial charge in [-0.25, -0.2) is 13.9 Å². The van der Waals surface area contributed by atoms with Crippen molar-refractivity contribution in [1.29, 1.82) is 0 Å². The van der Waals surface area contributed by atoms with Gasteiger partial charge in [0.05, 0.1) is 12.5 Å². The van der Waals surface area contributed by atoms with Gasteiger partial charge in [0.1, 0.15) is 22.8 Å². The molecule has 1 N–H and O–H groups in total. The first kappa shape index (κ1) is 12.2. The third-order valence-corrected chi connectivity index (χ3v) is 2.84. The summed E-state index contributed by atoms with van der Waals surface area (Å²) in [5, 5.41) is 13.4. The van der Waals surface area contributed by atoms with Gasteiger partial charge in [-0.3, -0.25) is 0 Å². The number of carboxylic acids is 1. The number of carboxylic acid groups (broad SMARTS) is 1. The average molecular weight is 272 g/mol. The zero-order chi connectivity index (χ0) is 14.1. The Balaban J connectivity index is 2.18. The second-order valence-electron chi connectivity index (χ2n) is 4.10. The number of carbonyl (C=O) groups is 1. The van der Waals surface area contributed by atoms with Gasteiger partial charge in [-0.1, -0.05) is 12.1 Å². The summed E-state index contributed by atoms with van der Waals surface area (Å²) in [6.07, 6.45) is 4.09. The Morgan fingerprint density at radius 3 is 2.75 bits per heavy atom. The zero-order valence-electron chi connectivity index (χ0n) is 10.2. The molecule has 0 fully saturated rings. The highest BCUT2D eigenvalue weighted by molar-refractivity contribution is 5.94. The molecule has 0 saturated carbocycles. The molecule has 6 heteroatoms. The number of benzene rings is 1. The maximum absolute atomic E-state index is 13.7. The van der Waals surface area contributed by atoms with Crippen LogP contribution >= 0.6 is 0 Å². The number of hydrogen-bond acceptors (Lipinski definition) is 3. The lowest BCUT2D eigenvalue weighted by molar-refractivity contribution is 0.0697. The van der Waals surface area contributed by atoms with E-state index in [1.807, 2.05) is 0 Å². The molecule has 0 aliphatic heterocycles. The van der Waals surface area contributed by atoms with Crippen LogP contribution in [0.2, 0.25) is 0 Å². The van der Waals surface area contributed by atoms with Crippen LogP contribution in [0.3, 0.4) is 0 Å². The van der Waals surface area contributed by atoms with Crippen molar-refractivity contribution in [3.05, 3.63) is 60.4 Å². The maximum Gasteiger partial charge on any atom is 0.339 e. The molecule has 100 valence electrons. The van der Waals surface area contributed by atoms with Crippen LogP contribution in [-0.2, 0) is 0 Å². The second-order valence-corrected chi connectivity index (χ2v) is 4.10. The normalized spacial score (nSPS) is 10.7. The van der Waals surface area contributed by atoms with Crippen molar-refractivity contribution in [2.24, 2.45) is 0 Å². The molecular weight excluding hydrogens is 263 g/mol. The van der Waals surface area contributed by atoms with Crippen molar-refractivity contribution in [2.75, 3.05) is 0 Å². The van der Waals surface area contributed by atoms with Crippen molar-refractivity contribution in [3.63, 3.8) is 0 Å². The lowest BCUT2D eigenvalue weighted by atomic mass is 10.1. The summed E-state index contributed by atoms with van der Waals surface area (Å²) in [5.41, 5.74) is 0.923. The van der Waals surface area contributed by atoms with Gasteiger partial charge in [-0.2, -0.15) is 5.10 Å². The van der Waals surface area contributed by atoms with Gasteiger partial charge >= 0.3 is 5.97 Å². The van der Waals surface area contributed by atoms with Crippen LogP contribution in [0.1, 0.15) is 10.4 Å². The Kier molecular flexibility index (Phi) is 2.83. The SMILES string of the molecule is O=C(O)c1cn(-c2ccccc2F)nc1-c1ccoc1. The van der Waals surface area contributed by atoms with Crippen molar-refractivity contribution in [3.8, 4) is 16.9 Å². The average Bonchev–Trinajstić information content (AvgIpc) is 3.08. The van der Waals surface area contributed by atoms with Gasteiger partial charge in [0, 0.05) is 11.8 Å². The van der Waals surface area contributed by atoms with Crippen molar-refractivity contribution < 1.29 is 18.7 Å². The number of aromatic carboxylic acids is 1. The number of furan rings is 1. The minimum Gasteiger partial charge on any atom is -0.478 e. The molecule has 20 heavy (non-hydrogen) atoms. The molecule has 5 nitrogen and oxygen atoms in total. The molecule has 0 unspecified atom stereocenters. The highest BCUT2D eigenvalue weighted by Gasteiger charge is 2.19. The van der Waals surface area contributed by atoms with E-state index in [0.29, 0.717) is 5.56 Å². The van der Waals surface area contributed by atoms with Crippen LogP contribution < -0.4 is 0 Å². The Bertz CT molecular complexity index is 763. The number of hydrogen-bond donors (Lipinski definition) is 1. The van der Waals surface area contributed by atoms with Gasteiger partial charge in [0.2, 0.25) is 0 Å². The topological polar surface area (TPSA) is 68.3 Å². The van der Waals surface area contributed by atoms with Crippen LogP contribution in [-0.4, -0.2) is 20.9 Å². The molecule has 1 aromatic carbocycles. The largest absolute Gasteiger partial charge is 0.478 e. The summed E-state index contributed by atoms with van der Waals surface area (Å²) in [6.45, 7) is 0. The highest BCUT2D eigenvalue weighted by atomic mass is 19.1. The van der Waals surface area contributed by atoms with E-state index >= 15 is 0 Å². The van der Waals surface area contributed by atoms with E-state index in [9.17, 15) is 14.3 Å². The maximum atomic E-state index is 13.7. The molecule has 0 bridgehead atoms. The molecule has 0 atom stereocenters. The lowest BCUT2D eigenvalue weighted by Crippen LogP contribution is -1.98. The minimum atomic E-state index is -1.14. The fourth-order valence-corrected chi connectivity index (χ4v) is 1.90. The quantitative estimate of drug-likeness (QED) is 0.795. The number of rotatable bonds is 3. The van der Waals surface area contributed by atoms with Gasteiger partial charge in [-0.15, -0.1) is 0 Å². The Hall–Kier alpha value is -2.89. The summed E-state index contributed by atoms with van der Waals surface area (Å²) in [6, 6.07) is 7.61. The van der Waals surface area contributed by atoms with E-state index in [1.54, 1.807) is 18.2 Å². The predicted molar refractivity (Wildman–Crippen MR) is 68.2 cm³/mol. The number of nitrogens with zero attached hydrogens (tertiary/aromatic N) is 2. The first-order valence-corrected chi connectivity index (χ1v) is 5.77. The zero-order valence-corrected chi connectivity index (χ0v) is 10.2. The summed E-state index contributed by atoms with van der Waals surface area (Å²) in [7, 11) is 0. The molecular formula is C14H9FN2O3. The summed E-state index contributed by atoms with van der Waals surface area (Å²) >= 11 is 0. The Morgan fingerprint density at radius 1 is 1.30 bits per heavy atom. The van der Waals surface area contributed by atoms with Crippen molar-refractivity contribution in [2.45, 2.75) is 0 Å². The first-order valence-electron chi connectivity index (χ1n) is 5.77. The van der Waals surface area contributed by atoms with Crippen LogP contribution in [0.25, 0.3) is 16.9 Å². The van der Waals surface area contributed by atoms with E-state index in [4.69, 9.17) is 4.42 Å². The molecule has 0 amide bonds. The summed E-state index contributed by atoms with van der Waals surface area (Å²) < 4.78 is 19.9. The molecule has 0 radical (unpaired) electrons. The van der Waals surface area contributed by atoms with Crippen molar-refractivity contribution in [1.82, 2.24) is 9.78 Å². The Labute approximate surface area is 112 Å². The van der Waals surface area contributed by atoms with Crippen LogP contribution in [0.15, 0.2) is 53.5 Å². The minimum absolute atomic E-state index is 0.0188. The van der Waals surface area contributed by atoms with E-state index in [0.717, 1.165) is 0 Å². The Morgan fingerprint density at radius 2 is 2.10 bits per heavy atom. The molecule has 3 aromatic rings. The predicted octanol–water partition coefficient (Wildman–Crippen LogP) is 2.97. The van der Waals surface area contributed by atoms with E-state index in [-0.39, 0.29) is 16.9 Å². The molecule has 0 spiro atoms. The van der Waals surface area contributed by atoms with E-state index < -0.39 is 11.8 Å². The van der Waals surface area contributed by atoms with Crippen molar-refractivity contribution >= 4 is 5.97 Å². The lowest BCUT2D eigenvalue weighted by Gasteiger charge is -2.01. The molecule has 0 saturated heterocycles. The summed E-state index contributed by atoms with van der Waals surface area (Å²) in [5.74, 6) is -1.62. The fraction of sp³-hybridized carbons (Fsp3) is 0. The van der Waals surface area contributed by atoms with E-state index in [2.05, 4.69) is 5.10 Å². The standard InChI is InChI=1S/C14H9FN2O3/c15-11-3-1-2-4-12(11)17-7-10(14(18)19)13(16-17)9-5-6-20-8-9/h1-8H,(H,18,19). The second kappa shape index (κ2) is 4.65. The van der Waals surface area contributed by atoms with Gasteiger partial charge in [-0.05, 0) is 18.2 Å². The van der Waals surface area contributed by atoms with E-state index in [1.165, 1.54) is 35.5 Å². The molecule has 2 aromatic heterocycles. The van der Waals surface area contributed by atoms with Gasteiger partial charge in [0.15, 0.2) is 0 Å². The smallest absolute Gasteiger partial charge is 0.339 e. The monoisotopic (exact) mass is 272 g/mol. The third-order valence-electron chi connectivity index (χ3n) is 2.84. The third kappa shape index (κ3) is 1.97. The molecule has 0 aliphatic carbocycles. The first-order chi connectivity index (χ1) is 9.66. The number of para-hydroxylation sites is 1. The highest BCUT2D eigenvalue weighted by Crippen LogP contribution is 2.24. The van der Waals surface area contributed by atoms with Crippen LogP contribution in [0.4, 0.5) is 4.39 Å². The molecule has 3 rings (SSSR count). The molecule has 0 aliphatic rings. The van der Waals surface area contributed by atoms with Crippen LogP contribution in [0, 0.1) is 5.82 Å². The summed E-state index contributed by atoms with van der Waals surface area (Å²) in [4.78, 5) is 11.3. The molecule has 2 heterocycles. The number of halogens is 1.